The second-order valence-electron chi connectivity index (χ2n) is 5.74. The number of hydrogen-bond donors (Lipinski definition) is 3. The number of nitrogens with one attached hydrogen (secondary N) is 3. The molecule has 2 heterocycles. The van der Waals surface area contributed by atoms with Gasteiger partial charge in [0.15, 0.2) is 5.69 Å². The summed E-state index contributed by atoms with van der Waals surface area (Å²) in [5, 5.41) is 9.89. The van der Waals surface area contributed by atoms with Crippen LogP contribution in [0.4, 0.5) is 11.6 Å². The maximum absolute atomic E-state index is 12.2. The number of aromatic nitrogens is 4. The van der Waals surface area contributed by atoms with Crippen LogP contribution in [-0.2, 0) is 0 Å². The molecule has 1 amide bonds. The normalized spacial score (nSPS) is 13.4. The average Bonchev–Trinajstić information content (AvgIpc) is 3.38. The first-order valence-corrected chi connectivity index (χ1v) is 8.76. The van der Waals surface area contributed by atoms with Crippen molar-refractivity contribution in [2.24, 2.45) is 0 Å². The van der Waals surface area contributed by atoms with E-state index in [1.807, 2.05) is 30.3 Å². The molecule has 1 aliphatic carbocycles. The predicted molar refractivity (Wildman–Crippen MR) is 96.5 cm³/mol. The molecule has 7 nitrogen and oxygen atoms in total. The molecule has 3 aromatic rings. The maximum Gasteiger partial charge on any atom is 0.276 e. The zero-order chi connectivity index (χ0) is 17.1. The quantitative estimate of drug-likeness (QED) is 0.588. The minimum absolute atomic E-state index is 0.209. The van der Waals surface area contributed by atoms with Crippen molar-refractivity contribution in [1.29, 1.82) is 0 Å². The largest absolute Gasteiger partial charge is 0.321 e. The summed E-state index contributed by atoms with van der Waals surface area (Å²) in [4.78, 5) is 21.4. The van der Waals surface area contributed by atoms with Crippen molar-refractivity contribution in [1.82, 2.24) is 20.2 Å². The van der Waals surface area contributed by atoms with E-state index in [2.05, 4.69) is 30.2 Å². The first-order chi connectivity index (χ1) is 12.3. The molecule has 0 bridgehead atoms. The first-order valence-electron chi connectivity index (χ1n) is 7.94. The van der Waals surface area contributed by atoms with Crippen LogP contribution in [0.1, 0.15) is 34.9 Å². The van der Waals surface area contributed by atoms with E-state index >= 15 is 0 Å². The molecule has 1 fully saturated rings. The molecule has 1 aromatic carbocycles. The number of benzene rings is 1. The van der Waals surface area contributed by atoms with Crippen LogP contribution in [0, 0.1) is 0 Å². The lowest BCUT2D eigenvalue weighted by atomic mass is 10.2. The van der Waals surface area contributed by atoms with E-state index in [0.29, 0.717) is 17.6 Å². The number of H-pyrrole nitrogens is 1. The fourth-order valence-electron chi connectivity index (χ4n) is 2.31. The third-order valence-electron chi connectivity index (χ3n) is 3.79. The van der Waals surface area contributed by atoms with Crippen LogP contribution in [-0.4, -0.2) is 26.1 Å². The van der Waals surface area contributed by atoms with Crippen LogP contribution in [0.5, 0.6) is 0 Å². The highest BCUT2D eigenvalue weighted by atomic mass is 32.2. The van der Waals surface area contributed by atoms with Gasteiger partial charge in [-0.2, -0.15) is 5.10 Å². The summed E-state index contributed by atoms with van der Waals surface area (Å²) in [6.07, 6.45) is 5.70. The Balaban J connectivity index is 1.34. The van der Waals surface area contributed by atoms with Gasteiger partial charge in [0.05, 0.1) is 0 Å². The standard InChI is InChI=1S/C17H16N6OS/c24-16(15-10-14(21-22-15)11-2-3-11)20-12-4-6-13(7-5-12)25-23-17-18-8-1-9-19-17/h1,4-11H,2-3H2,(H,20,24)(H,21,22)(H,18,19,23). The summed E-state index contributed by atoms with van der Waals surface area (Å²) in [6.45, 7) is 0. The summed E-state index contributed by atoms with van der Waals surface area (Å²) < 4.78 is 3.06. The van der Waals surface area contributed by atoms with Gasteiger partial charge in [0, 0.05) is 34.6 Å². The molecule has 1 aliphatic rings. The first kappa shape index (κ1) is 15.6. The Labute approximate surface area is 148 Å². The second-order valence-corrected chi connectivity index (χ2v) is 6.62. The van der Waals surface area contributed by atoms with E-state index in [1.165, 1.54) is 24.8 Å². The highest BCUT2D eigenvalue weighted by Crippen LogP contribution is 2.39. The van der Waals surface area contributed by atoms with Crippen molar-refractivity contribution < 1.29 is 4.79 Å². The Morgan fingerprint density at radius 1 is 1.16 bits per heavy atom. The van der Waals surface area contributed by atoms with Crippen molar-refractivity contribution in [2.45, 2.75) is 23.7 Å². The van der Waals surface area contributed by atoms with Crippen LogP contribution in [0.3, 0.4) is 0 Å². The van der Waals surface area contributed by atoms with Crippen molar-refractivity contribution >= 4 is 29.5 Å². The molecule has 0 atom stereocenters. The zero-order valence-electron chi connectivity index (χ0n) is 13.3. The fourth-order valence-corrected chi connectivity index (χ4v) is 2.90. The Morgan fingerprint density at radius 2 is 1.92 bits per heavy atom. The van der Waals surface area contributed by atoms with E-state index in [9.17, 15) is 4.79 Å². The number of hydrogen-bond acceptors (Lipinski definition) is 6. The summed E-state index contributed by atoms with van der Waals surface area (Å²) in [5.41, 5.74) is 2.19. The van der Waals surface area contributed by atoms with Gasteiger partial charge in [-0.05, 0) is 61.2 Å². The van der Waals surface area contributed by atoms with Gasteiger partial charge in [-0.15, -0.1) is 0 Å². The number of rotatable bonds is 6. The van der Waals surface area contributed by atoms with Crippen molar-refractivity contribution in [2.75, 3.05) is 10.0 Å². The van der Waals surface area contributed by atoms with E-state index in [0.717, 1.165) is 16.3 Å². The van der Waals surface area contributed by atoms with E-state index in [1.54, 1.807) is 18.5 Å². The number of carbonyl (C=O) groups excluding carboxylic acids is 1. The lowest BCUT2D eigenvalue weighted by molar-refractivity contribution is 0.102. The SMILES string of the molecule is O=C(Nc1ccc(SNc2ncccn2)cc1)c1cc(C2CC2)[nH]n1. The number of anilines is 2. The topological polar surface area (TPSA) is 95.6 Å². The fraction of sp³-hybridized carbons (Fsp3) is 0.176. The van der Waals surface area contributed by atoms with Crippen molar-refractivity contribution in [3.8, 4) is 0 Å². The van der Waals surface area contributed by atoms with Gasteiger partial charge >= 0.3 is 0 Å². The molecule has 2 aromatic heterocycles. The summed E-state index contributed by atoms with van der Waals surface area (Å²) in [5.74, 6) is 0.890. The third-order valence-corrected chi connectivity index (χ3v) is 4.58. The van der Waals surface area contributed by atoms with Gasteiger partial charge in [-0.3, -0.25) is 14.6 Å². The molecule has 0 aliphatic heterocycles. The molecule has 1 saturated carbocycles. The maximum atomic E-state index is 12.2. The lowest BCUT2D eigenvalue weighted by Gasteiger charge is -2.06. The third kappa shape index (κ3) is 3.97. The van der Waals surface area contributed by atoms with Crippen LogP contribution in [0.15, 0.2) is 53.7 Å². The number of carbonyl (C=O) groups is 1. The highest BCUT2D eigenvalue weighted by Gasteiger charge is 2.26. The molecular weight excluding hydrogens is 336 g/mol. The van der Waals surface area contributed by atoms with Gasteiger partial charge in [0.2, 0.25) is 5.95 Å². The average molecular weight is 352 g/mol. The number of aromatic amines is 1. The molecule has 25 heavy (non-hydrogen) atoms. The van der Waals surface area contributed by atoms with Crippen LogP contribution in [0.25, 0.3) is 0 Å². The Morgan fingerprint density at radius 3 is 2.64 bits per heavy atom. The minimum Gasteiger partial charge on any atom is -0.321 e. The Kier molecular flexibility index (Phi) is 4.34. The number of nitrogens with zero attached hydrogens (tertiary/aromatic N) is 3. The minimum atomic E-state index is -0.209. The van der Waals surface area contributed by atoms with Crippen molar-refractivity contribution in [3.05, 3.63) is 60.2 Å². The molecule has 4 rings (SSSR count). The van der Waals surface area contributed by atoms with E-state index < -0.39 is 0 Å². The molecule has 8 heteroatoms. The van der Waals surface area contributed by atoms with Crippen LogP contribution >= 0.6 is 11.9 Å². The van der Waals surface area contributed by atoms with Gasteiger partial charge < -0.3 is 5.32 Å². The molecule has 0 unspecified atom stereocenters. The second kappa shape index (κ2) is 6.94. The zero-order valence-corrected chi connectivity index (χ0v) is 14.1. The molecule has 3 N–H and O–H groups in total. The molecule has 126 valence electrons. The summed E-state index contributed by atoms with van der Waals surface area (Å²) in [6, 6.07) is 11.1. The molecule has 0 spiro atoms. The Bertz CT molecular complexity index is 860. The smallest absolute Gasteiger partial charge is 0.276 e. The monoisotopic (exact) mass is 352 g/mol. The highest BCUT2D eigenvalue weighted by molar-refractivity contribution is 8.00. The van der Waals surface area contributed by atoms with Crippen molar-refractivity contribution in [3.63, 3.8) is 0 Å². The van der Waals surface area contributed by atoms with E-state index in [4.69, 9.17) is 0 Å². The number of amides is 1. The summed E-state index contributed by atoms with van der Waals surface area (Å²) in [7, 11) is 0. The lowest BCUT2D eigenvalue weighted by Crippen LogP contribution is -2.12. The van der Waals surface area contributed by atoms with Gasteiger partial charge in [0.25, 0.3) is 5.91 Å². The van der Waals surface area contributed by atoms with Gasteiger partial charge in [-0.1, -0.05) is 0 Å². The molecule has 0 radical (unpaired) electrons. The molecule has 0 saturated heterocycles. The molecular formula is C17H16N6OS. The Hall–Kier alpha value is -2.87. The van der Waals surface area contributed by atoms with Gasteiger partial charge in [0.1, 0.15) is 0 Å². The van der Waals surface area contributed by atoms with Gasteiger partial charge in [-0.25, -0.2) is 9.97 Å². The predicted octanol–water partition coefficient (Wildman–Crippen LogP) is 3.45. The van der Waals surface area contributed by atoms with Crippen LogP contribution < -0.4 is 10.0 Å². The van der Waals surface area contributed by atoms with E-state index in [-0.39, 0.29) is 5.91 Å². The summed E-state index contributed by atoms with van der Waals surface area (Å²) >= 11 is 1.41. The van der Waals surface area contributed by atoms with Crippen LogP contribution in [0.2, 0.25) is 0 Å².